The van der Waals surface area contributed by atoms with E-state index in [1.807, 2.05) is 0 Å². The summed E-state index contributed by atoms with van der Waals surface area (Å²) in [5, 5.41) is 20.2. The Hall–Kier alpha value is -2.14. The summed E-state index contributed by atoms with van der Waals surface area (Å²) in [6.07, 6.45) is 0. The van der Waals surface area contributed by atoms with E-state index in [1.165, 1.54) is 13.2 Å². The highest BCUT2D eigenvalue weighted by atomic mass is 16.5. The van der Waals surface area contributed by atoms with E-state index in [0.717, 1.165) is 0 Å². The monoisotopic (exact) mass is 242 g/mol. The molecule has 0 atom stereocenters. The maximum atomic E-state index is 10.4. The van der Waals surface area contributed by atoms with Crippen LogP contribution in [0.1, 0.15) is 0 Å². The molecule has 0 saturated carbocycles. The lowest BCUT2D eigenvalue weighted by Crippen LogP contribution is -2.47. The van der Waals surface area contributed by atoms with E-state index in [1.54, 1.807) is 30.3 Å². The molecule has 4 nitrogen and oxygen atoms in total. The third-order valence-corrected chi connectivity index (χ3v) is 3.06. The first kappa shape index (κ1) is 11.0. The number of benzene rings is 2. The van der Waals surface area contributed by atoms with E-state index in [2.05, 4.69) is 0 Å². The third-order valence-electron chi connectivity index (χ3n) is 3.06. The number of aromatic hydroxyl groups is 1. The Morgan fingerprint density at radius 3 is 2.44 bits per heavy atom. The molecule has 0 fully saturated rings. The normalized spacial score (nSPS) is 12.4. The van der Waals surface area contributed by atoms with E-state index in [4.69, 9.17) is 9.47 Å². The van der Waals surface area contributed by atoms with Crippen LogP contribution in [0.3, 0.4) is 0 Å². The lowest BCUT2D eigenvalue weighted by Gasteiger charge is -2.24. The van der Waals surface area contributed by atoms with Crippen molar-refractivity contribution in [2.75, 3.05) is 7.11 Å². The molecule has 1 aliphatic rings. The molecule has 0 aromatic heterocycles. The highest BCUT2D eigenvalue weighted by molar-refractivity contribution is 6.82. The minimum absolute atomic E-state index is 0.0107. The van der Waals surface area contributed by atoms with Crippen LogP contribution < -0.4 is 20.4 Å². The van der Waals surface area contributed by atoms with E-state index < -0.39 is 6.92 Å². The van der Waals surface area contributed by atoms with Gasteiger partial charge in [0.2, 0.25) is 0 Å². The molecule has 0 amide bonds. The van der Waals surface area contributed by atoms with Gasteiger partial charge in [0.25, 0.3) is 0 Å². The second-order valence-electron chi connectivity index (χ2n) is 4.07. The summed E-state index contributed by atoms with van der Waals surface area (Å²) < 4.78 is 10.9. The van der Waals surface area contributed by atoms with Gasteiger partial charge in [0.05, 0.1) is 7.11 Å². The molecule has 18 heavy (non-hydrogen) atoms. The Kier molecular flexibility index (Phi) is 2.42. The van der Waals surface area contributed by atoms with Gasteiger partial charge in [-0.1, -0.05) is 12.1 Å². The van der Waals surface area contributed by atoms with E-state index in [0.29, 0.717) is 28.2 Å². The van der Waals surface area contributed by atoms with Crippen LogP contribution in [-0.2, 0) is 0 Å². The number of phenolic OH excluding ortho intramolecular Hbond substituents is 1. The molecular formula is C13H11BO4. The molecule has 0 spiro atoms. The molecule has 2 N–H and O–H groups in total. The summed E-state index contributed by atoms with van der Waals surface area (Å²) in [5.41, 5.74) is 0.906. The predicted octanol–water partition coefficient (Wildman–Crippen LogP) is 0.604. The quantitative estimate of drug-likeness (QED) is 0.719. The first-order valence-corrected chi connectivity index (χ1v) is 5.57. The van der Waals surface area contributed by atoms with Gasteiger partial charge >= 0.3 is 6.92 Å². The van der Waals surface area contributed by atoms with Gasteiger partial charge in [-0.15, -0.1) is 0 Å². The Morgan fingerprint density at radius 2 is 1.72 bits per heavy atom. The minimum Gasteiger partial charge on any atom is -0.508 e. The number of fused-ring (bicyclic) bond motifs is 2. The van der Waals surface area contributed by atoms with Crippen LogP contribution in [0, 0.1) is 0 Å². The SMILES string of the molecule is COc1cccc2c1B(O)c1c(O)cccc1O2. The average molecular weight is 242 g/mol. The van der Waals surface area contributed by atoms with E-state index >= 15 is 0 Å². The Balaban J connectivity index is 2.23. The third kappa shape index (κ3) is 1.44. The zero-order chi connectivity index (χ0) is 12.7. The smallest absolute Gasteiger partial charge is 0.374 e. The number of methoxy groups -OCH3 is 1. The topological polar surface area (TPSA) is 58.9 Å². The number of phenols is 1. The van der Waals surface area contributed by atoms with Crippen LogP contribution in [0.2, 0.25) is 0 Å². The predicted molar refractivity (Wildman–Crippen MR) is 68.4 cm³/mol. The maximum absolute atomic E-state index is 10.4. The summed E-state index contributed by atoms with van der Waals surface area (Å²) in [5.74, 6) is 1.55. The molecule has 1 heterocycles. The summed E-state index contributed by atoms with van der Waals surface area (Å²) in [6, 6.07) is 10.2. The second kappa shape index (κ2) is 3.96. The lowest BCUT2D eigenvalue weighted by atomic mass is 9.53. The van der Waals surface area contributed by atoms with Gasteiger partial charge in [0, 0.05) is 10.9 Å². The lowest BCUT2D eigenvalue weighted by molar-refractivity contribution is 0.410. The van der Waals surface area contributed by atoms with Crippen molar-refractivity contribution >= 4 is 17.8 Å². The van der Waals surface area contributed by atoms with E-state index in [-0.39, 0.29) is 5.75 Å². The summed E-state index contributed by atoms with van der Waals surface area (Å²) in [4.78, 5) is 0. The van der Waals surface area contributed by atoms with Gasteiger partial charge < -0.3 is 19.6 Å². The fourth-order valence-corrected chi connectivity index (χ4v) is 2.22. The largest absolute Gasteiger partial charge is 0.508 e. The molecule has 0 bridgehead atoms. The summed E-state index contributed by atoms with van der Waals surface area (Å²) in [6.45, 7) is -0.957. The van der Waals surface area contributed by atoms with Gasteiger partial charge in [-0.3, -0.25) is 0 Å². The molecule has 0 aliphatic carbocycles. The molecule has 5 heteroatoms. The van der Waals surface area contributed by atoms with Crippen LogP contribution in [0.25, 0.3) is 0 Å². The van der Waals surface area contributed by atoms with Crippen LogP contribution >= 0.6 is 0 Å². The first-order valence-electron chi connectivity index (χ1n) is 5.57. The Morgan fingerprint density at radius 1 is 1.06 bits per heavy atom. The summed E-state index contributed by atoms with van der Waals surface area (Å²) >= 11 is 0. The van der Waals surface area contributed by atoms with Crippen molar-refractivity contribution in [3.8, 4) is 23.0 Å². The zero-order valence-corrected chi connectivity index (χ0v) is 9.75. The van der Waals surface area contributed by atoms with Crippen LogP contribution in [0.15, 0.2) is 36.4 Å². The van der Waals surface area contributed by atoms with Gasteiger partial charge in [-0.05, 0) is 24.3 Å². The van der Waals surface area contributed by atoms with Gasteiger partial charge in [-0.25, -0.2) is 0 Å². The molecule has 2 aromatic rings. The second-order valence-corrected chi connectivity index (χ2v) is 4.07. The summed E-state index contributed by atoms with van der Waals surface area (Å²) in [7, 11) is 1.53. The fraction of sp³-hybridized carbons (Fsp3) is 0.0769. The standard InChI is InChI=1S/C13H11BO4/c1-17-9-5-3-7-11-13(9)14(16)12-8(15)4-2-6-10(12)18-11/h2-7,15-16H,1H3. The Labute approximate surface area is 105 Å². The van der Waals surface area contributed by atoms with Crippen molar-refractivity contribution in [3.63, 3.8) is 0 Å². The number of ether oxygens (including phenoxy) is 2. The van der Waals surface area contributed by atoms with Gasteiger partial charge in [-0.2, -0.15) is 0 Å². The fourth-order valence-electron chi connectivity index (χ4n) is 2.22. The van der Waals surface area contributed by atoms with Crippen molar-refractivity contribution in [3.05, 3.63) is 36.4 Å². The van der Waals surface area contributed by atoms with Crippen molar-refractivity contribution in [2.45, 2.75) is 0 Å². The Bertz CT molecular complexity index is 612. The van der Waals surface area contributed by atoms with Gasteiger partial charge in [0.15, 0.2) is 0 Å². The molecule has 0 radical (unpaired) electrons. The molecule has 1 aliphatic heterocycles. The molecule has 0 saturated heterocycles. The van der Waals surface area contributed by atoms with Crippen molar-refractivity contribution in [2.24, 2.45) is 0 Å². The van der Waals surface area contributed by atoms with Crippen LogP contribution in [0.4, 0.5) is 0 Å². The molecule has 2 aromatic carbocycles. The van der Waals surface area contributed by atoms with Crippen LogP contribution in [0.5, 0.6) is 23.0 Å². The molecule has 0 unspecified atom stereocenters. The molecule has 90 valence electrons. The number of hydrogen-bond acceptors (Lipinski definition) is 4. The first-order chi connectivity index (χ1) is 8.72. The van der Waals surface area contributed by atoms with Crippen molar-refractivity contribution in [1.82, 2.24) is 0 Å². The highest BCUT2D eigenvalue weighted by Gasteiger charge is 2.35. The van der Waals surface area contributed by atoms with Crippen molar-refractivity contribution in [1.29, 1.82) is 0 Å². The van der Waals surface area contributed by atoms with Crippen LogP contribution in [-0.4, -0.2) is 24.2 Å². The number of rotatable bonds is 1. The zero-order valence-electron chi connectivity index (χ0n) is 9.75. The molecule has 3 rings (SSSR count). The van der Waals surface area contributed by atoms with E-state index in [9.17, 15) is 10.1 Å². The maximum Gasteiger partial charge on any atom is 0.374 e. The van der Waals surface area contributed by atoms with Crippen molar-refractivity contribution < 1.29 is 19.6 Å². The minimum atomic E-state index is -0.957. The van der Waals surface area contributed by atoms with Gasteiger partial charge in [0.1, 0.15) is 23.0 Å². The molecular weight excluding hydrogens is 231 g/mol. The highest BCUT2D eigenvalue weighted by Crippen LogP contribution is 2.29. The number of hydrogen-bond donors (Lipinski definition) is 2. The average Bonchev–Trinajstić information content (AvgIpc) is 2.38.